The van der Waals surface area contributed by atoms with Crippen molar-refractivity contribution in [2.24, 2.45) is 0 Å². The molecule has 2 aromatic rings. The number of rotatable bonds is 1. The average Bonchev–Trinajstić information content (AvgIpc) is 2.24. The van der Waals surface area contributed by atoms with Crippen LogP contribution in [0.1, 0.15) is 5.56 Å². The fourth-order valence-electron chi connectivity index (χ4n) is 1.33. The fraction of sp³-hybridized carbons (Fsp3) is 0.100. The Kier molecular flexibility index (Phi) is 2.81. The first kappa shape index (κ1) is 11.5. The van der Waals surface area contributed by atoms with Crippen LogP contribution in [0.15, 0.2) is 27.9 Å². The number of nitrogens with zero attached hydrogens (tertiary/aromatic N) is 2. The third kappa shape index (κ3) is 2.12. The van der Waals surface area contributed by atoms with Gasteiger partial charge in [-0.05, 0) is 24.6 Å². The van der Waals surface area contributed by atoms with Crippen LogP contribution in [0.4, 0.5) is 4.39 Å². The lowest BCUT2D eigenvalue weighted by Gasteiger charge is -2.06. The van der Waals surface area contributed by atoms with E-state index >= 15 is 0 Å². The molecule has 1 aromatic carbocycles. The quantitative estimate of drug-likeness (QED) is 0.827. The van der Waals surface area contributed by atoms with Gasteiger partial charge in [-0.1, -0.05) is 11.6 Å². The Morgan fingerprint density at radius 2 is 2.12 bits per heavy atom. The highest BCUT2D eigenvalue weighted by atomic mass is 35.5. The maximum absolute atomic E-state index is 13.6. The van der Waals surface area contributed by atoms with E-state index in [0.717, 1.165) is 16.9 Å². The molecule has 17 heavy (non-hydrogen) atoms. The number of benzene rings is 1. The molecule has 1 N–H and O–H groups in total. The van der Waals surface area contributed by atoms with Gasteiger partial charge >= 0.3 is 5.69 Å². The van der Waals surface area contributed by atoms with E-state index in [2.05, 4.69) is 5.10 Å². The lowest BCUT2D eigenvalue weighted by atomic mass is 10.2. The van der Waals surface area contributed by atoms with Gasteiger partial charge in [0.05, 0.1) is 0 Å². The van der Waals surface area contributed by atoms with Gasteiger partial charge in [-0.15, -0.1) is 0 Å². The molecule has 0 aliphatic carbocycles. The molecule has 7 heteroatoms. The molecule has 0 unspecified atom stereocenters. The van der Waals surface area contributed by atoms with Gasteiger partial charge in [-0.3, -0.25) is 9.78 Å². The Morgan fingerprint density at radius 3 is 2.76 bits per heavy atom. The van der Waals surface area contributed by atoms with Gasteiger partial charge in [-0.25, -0.2) is 9.18 Å². The first-order chi connectivity index (χ1) is 7.99. The minimum atomic E-state index is -0.807. The number of hydrogen-bond acceptors (Lipinski definition) is 3. The molecular weight excluding hydrogens is 249 g/mol. The predicted octanol–water partition coefficient (Wildman–Crippen LogP) is 1.02. The SMILES string of the molecule is Cc1cc(-n2ncc(=O)[nH]c2=O)c(F)cc1Cl. The van der Waals surface area contributed by atoms with Gasteiger partial charge in [0.15, 0.2) is 5.82 Å². The molecule has 0 aliphatic heterocycles. The second-order valence-electron chi connectivity index (χ2n) is 3.40. The summed E-state index contributed by atoms with van der Waals surface area (Å²) in [4.78, 5) is 24.3. The van der Waals surface area contributed by atoms with Crippen molar-refractivity contribution >= 4 is 11.6 Å². The third-order valence-electron chi connectivity index (χ3n) is 2.17. The maximum Gasteiger partial charge on any atom is 0.349 e. The zero-order valence-electron chi connectivity index (χ0n) is 8.70. The third-order valence-corrected chi connectivity index (χ3v) is 2.58. The van der Waals surface area contributed by atoms with Crippen molar-refractivity contribution in [3.63, 3.8) is 0 Å². The minimum absolute atomic E-state index is 0.0619. The lowest BCUT2D eigenvalue weighted by molar-refractivity contribution is 0.599. The maximum atomic E-state index is 13.6. The molecule has 0 saturated heterocycles. The first-order valence-electron chi connectivity index (χ1n) is 4.64. The largest absolute Gasteiger partial charge is 0.349 e. The summed E-state index contributed by atoms with van der Waals surface area (Å²) in [5.74, 6) is -0.692. The van der Waals surface area contributed by atoms with E-state index in [9.17, 15) is 14.0 Å². The molecule has 0 aliphatic rings. The van der Waals surface area contributed by atoms with Gasteiger partial charge in [-0.2, -0.15) is 9.78 Å². The van der Waals surface area contributed by atoms with Crippen molar-refractivity contribution in [2.45, 2.75) is 6.92 Å². The van der Waals surface area contributed by atoms with E-state index in [-0.39, 0.29) is 10.7 Å². The number of halogens is 2. The normalized spacial score (nSPS) is 10.5. The Bertz CT molecular complexity index is 693. The molecule has 0 fully saturated rings. The van der Waals surface area contributed by atoms with Crippen LogP contribution in [0.5, 0.6) is 0 Å². The molecule has 88 valence electrons. The zero-order chi connectivity index (χ0) is 12.6. The second-order valence-corrected chi connectivity index (χ2v) is 3.81. The summed E-state index contributed by atoms with van der Waals surface area (Å²) in [6.45, 7) is 1.67. The van der Waals surface area contributed by atoms with Gasteiger partial charge in [0.25, 0.3) is 5.56 Å². The van der Waals surface area contributed by atoms with E-state index in [1.165, 1.54) is 6.07 Å². The molecule has 0 radical (unpaired) electrons. The first-order valence-corrected chi connectivity index (χ1v) is 5.01. The highest BCUT2D eigenvalue weighted by Gasteiger charge is 2.10. The Balaban J connectivity index is 2.73. The van der Waals surface area contributed by atoms with Gasteiger partial charge in [0, 0.05) is 5.02 Å². The fourth-order valence-corrected chi connectivity index (χ4v) is 1.48. The minimum Gasteiger partial charge on any atom is -0.271 e. The highest BCUT2D eigenvalue weighted by Crippen LogP contribution is 2.21. The van der Waals surface area contributed by atoms with Crippen LogP contribution in [0.3, 0.4) is 0 Å². The smallest absolute Gasteiger partial charge is 0.271 e. The van der Waals surface area contributed by atoms with Gasteiger partial charge < -0.3 is 0 Å². The van der Waals surface area contributed by atoms with Crippen molar-refractivity contribution in [3.8, 4) is 5.69 Å². The molecule has 0 bridgehead atoms. The molecule has 0 saturated carbocycles. The monoisotopic (exact) mass is 255 g/mol. The molecule has 2 rings (SSSR count). The lowest BCUT2D eigenvalue weighted by Crippen LogP contribution is -2.30. The number of aromatic nitrogens is 3. The van der Waals surface area contributed by atoms with Crippen LogP contribution in [0.25, 0.3) is 5.69 Å². The van der Waals surface area contributed by atoms with Crippen molar-refractivity contribution < 1.29 is 4.39 Å². The van der Waals surface area contributed by atoms with Crippen LogP contribution in [-0.4, -0.2) is 14.8 Å². The van der Waals surface area contributed by atoms with E-state index < -0.39 is 17.1 Å². The summed E-state index contributed by atoms with van der Waals surface area (Å²) in [6.07, 6.45) is 0.894. The number of hydrogen-bond donors (Lipinski definition) is 1. The van der Waals surface area contributed by atoms with Crippen LogP contribution >= 0.6 is 11.6 Å². The van der Waals surface area contributed by atoms with Crippen LogP contribution in [0, 0.1) is 12.7 Å². The summed E-state index contributed by atoms with van der Waals surface area (Å²) in [5, 5.41) is 3.81. The molecular formula is C10H7ClFN3O2. The summed E-state index contributed by atoms with van der Waals surface area (Å²) in [5.41, 5.74) is -0.911. The molecule has 0 spiro atoms. The van der Waals surface area contributed by atoms with E-state index in [4.69, 9.17) is 11.6 Å². The predicted molar refractivity (Wildman–Crippen MR) is 60.2 cm³/mol. The van der Waals surface area contributed by atoms with E-state index in [1.807, 2.05) is 4.98 Å². The van der Waals surface area contributed by atoms with Crippen molar-refractivity contribution in [1.29, 1.82) is 0 Å². The molecule has 1 heterocycles. The van der Waals surface area contributed by atoms with E-state index in [0.29, 0.717) is 5.56 Å². The number of H-pyrrole nitrogens is 1. The average molecular weight is 256 g/mol. The Hall–Kier alpha value is -1.95. The number of aromatic amines is 1. The molecule has 0 atom stereocenters. The highest BCUT2D eigenvalue weighted by molar-refractivity contribution is 6.31. The van der Waals surface area contributed by atoms with Crippen LogP contribution in [0.2, 0.25) is 5.02 Å². The van der Waals surface area contributed by atoms with E-state index in [1.54, 1.807) is 6.92 Å². The van der Waals surface area contributed by atoms with Gasteiger partial charge in [0.1, 0.15) is 11.9 Å². The topological polar surface area (TPSA) is 67.8 Å². The zero-order valence-corrected chi connectivity index (χ0v) is 9.45. The molecule has 0 amide bonds. The number of nitrogens with one attached hydrogen (secondary N) is 1. The Morgan fingerprint density at radius 1 is 1.41 bits per heavy atom. The van der Waals surface area contributed by atoms with Crippen molar-refractivity contribution in [1.82, 2.24) is 14.8 Å². The summed E-state index contributed by atoms with van der Waals surface area (Å²) >= 11 is 5.73. The standard InChI is InChI=1S/C10H7ClFN3O2/c1-5-2-8(7(12)3-6(5)11)15-10(17)14-9(16)4-13-15/h2-4H,1H3,(H,14,16,17). The molecule has 5 nitrogen and oxygen atoms in total. The number of aryl methyl sites for hydroxylation is 1. The summed E-state index contributed by atoms with van der Waals surface area (Å²) in [7, 11) is 0. The van der Waals surface area contributed by atoms with Crippen LogP contribution < -0.4 is 11.2 Å². The van der Waals surface area contributed by atoms with Crippen molar-refractivity contribution in [2.75, 3.05) is 0 Å². The van der Waals surface area contributed by atoms with Gasteiger partial charge in [0.2, 0.25) is 0 Å². The Labute approximate surface area is 99.5 Å². The summed E-state index contributed by atoms with van der Waals surface area (Å²) < 4.78 is 14.4. The second kappa shape index (κ2) is 4.14. The summed E-state index contributed by atoms with van der Waals surface area (Å²) in [6, 6.07) is 2.47. The van der Waals surface area contributed by atoms with Crippen LogP contribution in [-0.2, 0) is 0 Å². The molecule has 1 aromatic heterocycles. The van der Waals surface area contributed by atoms with Crippen molar-refractivity contribution in [3.05, 3.63) is 55.6 Å².